The first-order chi connectivity index (χ1) is 8.87. The molecule has 114 valence electrons. The third kappa shape index (κ3) is 6.18. The van der Waals surface area contributed by atoms with Gasteiger partial charge in [-0.15, -0.1) is 0 Å². The number of nitrogens with one attached hydrogen (secondary N) is 1. The summed E-state index contributed by atoms with van der Waals surface area (Å²) in [5.74, 6) is 0. The Kier molecular flexibility index (Phi) is 6.68. The summed E-state index contributed by atoms with van der Waals surface area (Å²) in [4.78, 5) is 0. The van der Waals surface area contributed by atoms with E-state index < -0.39 is 15.8 Å². The highest BCUT2D eigenvalue weighted by atomic mass is 32.2. The second-order valence-electron chi connectivity index (χ2n) is 5.38. The Balaban J connectivity index is 2.49. The van der Waals surface area contributed by atoms with Gasteiger partial charge in [0, 0.05) is 39.8 Å². The molecule has 1 heterocycles. The van der Waals surface area contributed by atoms with Gasteiger partial charge < -0.3 is 9.84 Å². The largest absolute Gasteiger partial charge is 0.389 e. The highest BCUT2D eigenvalue weighted by Gasteiger charge is 2.27. The van der Waals surface area contributed by atoms with E-state index in [9.17, 15) is 13.5 Å². The number of rotatable bonds is 7. The molecule has 0 aromatic heterocycles. The first-order valence-corrected chi connectivity index (χ1v) is 8.27. The normalized spacial score (nSPS) is 21.8. The lowest BCUT2D eigenvalue weighted by Crippen LogP contribution is -2.47. The fourth-order valence-corrected chi connectivity index (χ4v) is 3.45. The van der Waals surface area contributed by atoms with E-state index in [1.54, 1.807) is 14.0 Å². The van der Waals surface area contributed by atoms with Gasteiger partial charge in [0.2, 0.25) is 0 Å². The molecule has 7 heteroatoms. The monoisotopic (exact) mass is 294 g/mol. The molecular formula is C12H26N2O4S. The Bertz CT molecular complexity index is 349. The number of ether oxygens (including phenoxy) is 1. The molecule has 1 atom stereocenters. The van der Waals surface area contributed by atoms with Crippen molar-refractivity contribution in [1.29, 1.82) is 0 Å². The van der Waals surface area contributed by atoms with E-state index in [4.69, 9.17) is 4.74 Å². The summed E-state index contributed by atoms with van der Waals surface area (Å²) in [5, 5.41) is 10.0. The number of nitrogens with zero attached hydrogens (tertiary/aromatic N) is 1. The lowest BCUT2D eigenvalue weighted by Gasteiger charge is -2.26. The molecule has 1 rings (SSSR count). The summed E-state index contributed by atoms with van der Waals surface area (Å²) in [6.45, 7) is 3.15. The first-order valence-electron chi connectivity index (χ1n) is 6.83. The summed E-state index contributed by atoms with van der Waals surface area (Å²) in [6.07, 6.45) is 4.36. The average molecular weight is 294 g/mol. The lowest BCUT2D eigenvalue weighted by molar-refractivity contribution is 0.0289. The van der Waals surface area contributed by atoms with Crippen LogP contribution in [0, 0.1) is 0 Å². The number of hydrogen-bond acceptors (Lipinski definition) is 4. The van der Waals surface area contributed by atoms with Crippen LogP contribution in [0.4, 0.5) is 0 Å². The van der Waals surface area contributed by atoms with Gasteiger partial charge in [0.25, 0.3) is 10.2 Å². The van der Waals surface area contributed by atoms with Gasteiger partial charge in [-0.2, -0.15) is 17.4 Å². The van der Waals surface area contributed by atoms with Crippen molar-refractivity contribution in [3.63, 3.8) is 0 Å². The molecule has 1 aliphatic heterocycles. The van der Waals surface area contributed by atoms with Gasteiger partial charge in [-0.05, 0) is 19.8 Å². The van der Waals surface area contributed by atoms with E-state index in [0.717, 1.165) is 25.7 Å². The maximum atomic E-state index is 12.1. The van der Waals surface area contributed by atoms with E-state index in [1.165, 1.54) is 4.31 Å². The van der Waals surface area contributed by atoms with Crippen molar-refractivity contribution in [2.75, 3.05) is 33.4 Å². The second kappa shape index (κ2) is 7.54. The minimum absolute atomic E-state index is 0.00912. The van der Waals surface area contributed by atoms with Crippen molar-refractivity contribution in [3.8, 4) is 0 Å². The van der Waals surface area contributed by atoms with Crippen LogP contribution in [0.15, 0.2) is 0 Å². The number of methoxy groups -OCH3 is 1. The van der Waals surface area contributed by atoms with Crippen LogP contribution in [-0.4, -0.2) is 56.8 Å². The van der Waals surface area contributed by atoms with Crippen LogP contribution in [0.1, 0.15) is 39.0 Å². The smallest absolute Gasteiger partial charge is 0.279 e. The molecule has 1 unspecified atom stereocenters. The van der Waals surface area contributed by atoms with E-state index >= 15 is 0 Å². The summed E-state index contributed by atoms with van der Waals surface area (Å²) in [6, 6.07) is 0. The Morgan fingerprint density at radius 1 is 1.26 bits per heavy atom. The molecule has 0 aliphatic carbocycles. The first kappa shape index (κ1) is 16.8. The summed E-state index contributed by atoms with van der Waals surface area (Å²) in [7, 11) is -1.93. The fraction of sp³-hybridized carbons (Fsp3) is 1.00. The second-order valence-corrected chi connectivity index (χ2v) is 7.13. The Morgan fingerprint density at radius 3 is 2.37 bits per heavy atom. The highest BCUT2D eigenvalue weighted by molar-refractivity contribution is 7.87. The molecule has 0 aromatic rings. The van der Waals surface area contributed by atoms with E-state index in [-0.39, 0.29) is 6.54 Å². The molecule has 1 saturated heterocycles. The maximum absolute atomic E-state index is 12.1. The SMILES string of the molecule is COCCC(C)(O)CNS(=O)(=O)N1CCCCCC1. The highest BCUT2D eigenvalue weighted by Crippen LogP contribution is 2.14. The van der Waals surface area contributed by atoms with Crippen LogP contribution < -0.4 is 4.72 Å². The minimum Gasteiger partial charge on any atom is -0.389 e. The van der Waals surface area contributed by atoms with Crippen LogP contribution in [0.3, 0.4) is 0 Å². The Hall–Kier alpha value is -0.210. The van der Waals surface area contributed by atoms with Gasteiger partial charge in [-0.1, -0.05) is 12.8 Å². The van der Waals surface area contributed by atoms with Crippen molar-refractivity contribution < 1.29 is 18.3 Å². The van der Waals surface area contributed by atoms with Gasteiger partial charge in [0.05, 0.1) is 5.60 Å². The van der Waals surface area contributed by atoms with Crippen molar-refractivity contribution >= 4 is 10.2 Å². The molecule has 2 N–H and O–H groups in total. The molecule has 1 aliphatic rings. The van der Waals surface area contributed by atoms with Crippen molar-refractivity contribution in [2.24, 2.45) is 0 Å². The van der Waals surface area contributed by atoms with Crippen LogP contribution in [0.2, 0.25) is 0 Å². The molecule has 0 saturated carbocycles. The van der Waals surface area contributed by atoms with Gasteiger partial charge >= 0.3 is 0 Å². The standard InChI is InChI=1S/C12H26N2O4S/c1-12(15,7-10-18-2)11-13-19(16,17)14-8-5-3-4-6-9-14/h13,15H,3-11H2,1-2H3. The molecule has 0 radical (unpaired) electrons. The van der Waals surface area contributed by atoms with Crippen molar-refractivity contribution in [3.05, 3.63) is 0 Å². The Morgan fingerprint density at radius 2 is 1.84 bits per heavy atom. The average Bonchev–Trinajstić information content (AvgIpc) is 2.64. The zero-order valence-corrected chi connectivity index (χ0v) is 12.7. The van der Waals surface area contributed by atoms with Gasteiger partial charge in [-0.25, -0.2) is 0 Å². The summed E-state index contributed by atoms with van der Waals surface area (Å²) >= 11 is 0. The number of aliphatic hydroxyl groups is 1. The fourth-order valence-electron chi connectivity index (χ4n) is 2.03. The van der Waals surface area contributed by atoms with Gasteiger partial charge in [0.15, 0.2) is 0 Å². The van der Waals surface area contributed by atoms with Crippen LogP contribution >= 0.6 is 0 Å². The van der Waals surface area contributed by atoms with Gasteiger partial charge in [-0.3, -0.25) is 0 Å². The lowest BCUT2D eigenvalue weighted by atomic mass is 10.0. The van der Waals surface area contributed by atoms with Crippen LogP contribution in [0.5, 0.6) is 0 Å². The predicted molar refractivity (Wildman–Crippen MR) is 74.1 cm³/mol. The quantitative estimate of drug-likeness (QED) is 0.716. The number of hydrogen-bond donors (Lipinski definition) is 2. The van der Waals surface area contributed by atoms with Crippen LogP contribution in [0.25, 0.3) is 0 Å². The summed E-state index contributed by atoms with van der Waals surface area (Å²) < 4.78 is 33.1. The van der Waals surface area contributed by atoms with E-state index in [2.05, 4.69) is 4.72 Å². The third-order valence-electron chi connectivity index (χ3n) is 3.39. The zero-order valence-electron chi connectivity index (χ0n) is 11.9. The molecule has 19 heavy (non-hydrogen) atoms. The van der Waals surface area contributed by atoms with Crippen molar-refractivity contribution in [1.82, 2.24) is 9.03 Å². The molecular weight excluding hydrogens is 268 g/mol. The minimum atomic E-state index is -3.48. The molecule has 0 aromatic carbocycles. The predicted octanol–water partition coefficient (Wildman–Crippen LogP) is 0.484. The van der Waals surface area contributed by atoms with E-state index in [1.807, 2.05) is 0 Å². The third-order valence-corrected chi connectivity index (χ3v) is 4.94. The molecule has 0 amide bonds. The van der Waals surface area contributed by atoms with Crippen LogP contribution in [-0.2, 0) is 14.9 Å². The molecule has 6 nitrogen and oxygen atoms in total. The summed E-state index contributed by atoms with van der Waals surface area (Å²) in [5.41, 5.74) is -1.09. The van der Waals surface area contributed by atoms with Crippen molar-refractivity contribution in [2.45, 2.75) is 44.6 Å². The molecule has 0 spiro atoms. The van der Waals surface area contributed by atoms with E-state index in [0.29, 0.717) is 26.1 Å². The topological polar surface area (TPSA) is 78.9 Å². The molecule has 1 fully saturated rings. The molecule has 0 bridgehead atoms. The zero-order chi connectivity index (χ0) is 14.4. The Labute approximate surface area is 116 Å². The maximum Gasteiger partial charge on any atom is 0.279 e. The van der Waals surface area contributed by atoms with Gasteiger partial charge in [0.1, 0.15) is 0 Å².